The van der Waals surface area contributed by atoms with Crippen molar-refractivity contribution in [1.29, 1.82) is 0 Å². The Balaban J connectivity index is 2.20. The largest absolute Gasteiger partial charge is 0.349 e. The zero-order chi connectivity index (χ0) is 15.9. The lowest BCUT2D eigenvalue weighted by Crippen LogP contribution is -1.99. The van der Waals surface area contributed by atoms with Crippen LogP contribution in [-0.2, 0) is 0 Å². The second-order valence-electron chi connectivity index (χ2n) is 4.20. The zero-order valence-corrected chi connectivity index (χ0v) is 12.8. The number of aromatic nitrogens is 2. The normalized spacial score (nSPS) is 10.9. The van der Waals surface area contributed by atoms with Crippen LogP contribution in [0.5, 0.6) is 0 Å². The summed E-state index contributed by atoms with van der Waals surface area (Å²) < 4.78 is 4.52. The number of nitro benzene ring substituents is 1. The van der Waals surface area contributed by atoms with Crippen LogP contribution >= 0.6 is 34.8 Å². The van der Waals surface area contributed by atoms with E-state index in [0.717, 1.165) is 0 Å². The minimum Gasteiger partial charge on any atom is -0.349 e. The molecule has 0 aliphatic heterocycles. The van der Waals surface area contributed by atoms with Gasteiger partial charge < -0.3 is 5.32 Å². The molecule has 0 saturated heterocycles. The van der Waals surface area contributed by atoms with Gasteiger partial charge in [-0.3, -0.25) is 10.1 Å². The van der Waals surface area contributed by atoms with E-state index >= 15 is 0 Å². The Labute approximate surface area is 137 Å². The van der Waals surface area contributed by atoms with Crippen molar-refractivity contribution in [2.45, 2.75) is 0 Å². The zero-order valence-electron chi connectivity index (χ0n) is 10.5. The molecule has 22 heavy (non-hydrogen) atoms. The molecule has 0 aliphatic rings. The van der Waals surface area contributed by atoms with E-state index in [4.69, 9.17) is 34.8 Å². The van der Waals surface area contributed by atoms with Crippen LogP contribution < -0.4 is 5.32 Å². The molecule has 0 amide bonds. The summed E-state index contributed by atoms with van der Waals surface area (Å²) in [5, 5.41) is 21.9. The maximum Gasteiger partial charge on any atom is 0.324 e. The molecule has 3 aromatic rings. The van der Waals surface area contributed by atoms with E-state index in [-0.39, 0.29) is 32.5 Å². The fourth-order valence-corrected chi connectivity index (χ4v) is 2.50. The smallest absolute Gasteiger partial charge is 0.324 e. The molecule has 0 saturated carbocycles. The van der Waals surface area contributed by atoms with Gasteiger partial charge in [0.1, 0.15) is 5.69 Å². The van der Waals surface area contributed by atoms with Gasteiger partial charge in [0, 0.05) is 0 Å². The first kappa shape index (κ1) is 14.8. The predicted octanol–water partition coefficient (Wildman–Crippen LogP) is 4.83. The van der Waals surface area contributed by atoms with Crippen LogP contribution in [0.4, 0.5) is 17.1 Å². The minimum absolute atomic E-state index is 0.0573. The van der Waals surface area contributed by atoms with Crippen molar-refractivity contribution < 1.29 is 9.55 Å². The molecule has 112 valence electrons. The lowest BCUT2D eigenvalue weighted by atomic mass is 10.2. The van der Waals surface area contributed by atoms with Crippen LogP contribution in [0.1, 0.15) is 0 Å². The van der Waals surface area contributed by atoms with Gasteiger partial charge >= 0.3 is 5.69 Å². The van der Waals surface area contributed by atoms with E-state index in [1.54, 1.807) is 18.2 Å². The minimum atomic E-state index is -0.607. The Bertz CT molecular complexity index is 897. The van der Waals surface area contributed by atoms with E-state index in [1.807, 2.05) is 0 Å². The number of fused-ring (bicyclic) bond motifs is 1. The summed E-state index contributed by atoms with van der Waals surface area (Å²) in [4.78, 5) is 10.7. The van der Waals surface area contributed by atoms with Crippen molar-refractivity contribution >= 4 is 62.9 Å². The third-order valence-electron chi connectivity index (χ3n) is 2.87. The molecule has 1 heterocycles. The summed E-state index contributed by atoms with van der Waals surface area (Å²) in [6, 6.07) is 6.22. The third-order valence-corrected chi connectivity index (χ3v) is 3.98. The van der Waals surface area contributed by atoms with Gasteiger partial charge in [0.15, 0.2) is 5.52 Å². The molecule has 3 rings (SSSR count). The van der Waals surface area contributed by atoms with Crippen molar-refractivity contribution in [2.24, 2.45) is 0 Å². The van der Waals surface area contributed by atoms with Gasteiger partial charge in [-0.1, -0.05) is 40.9 Å². The van der Waals surface area contributed by atoms with Crippen LogP contribution in [0.2, 0.25) is 15.1 Å². The number of nitrogens with zero attached hydrogens (tertiary/aromatic N) is 3. The Kier molecular flexibility index (Phi) is 3.78. The molecule has 1 N–H and O–H groups in total. The maximum atomic E-state index is 11.3. The van der Waals surface area contributed by atoms with Gasteiger partial charge in [-0.05, 0) is 28.5 Å². The molecule has 2 aromatic carbocycles. The van der Waals surface area contributed by atoms with Crippen LogP contribution in [0.3, 0.4) is 0 Å². The first-order chi connectivity index (χ1) is 10.5. The van der Waals surface area contributed by atoms with Crippen molar-refractivity contribution in [3.05, 3.63) is 49.4 Å². The highest BCUT2D eigenvalue weighted by molar-refractivity contribution is 6.43. The molecule has 0 aliphatic carbocycles. The number of anilines is 2. The topological polar surface area (TPSA) is 94.1 Å². The number of benzene rings is 2. The van der Waals surface area contributed by atoms with Crippen molar-refractivity contribution in [3.63, 3.8) is 0 Å². The van der Waals surface area contributed by atoms with Crippen LogP contribution in [0.25, 0.3) is 11.0 Å². The second kappa shape index (κ2) is 5.60. The summed E-state index contributed by atoms with van der Waals surface area (Å²) in [6.45, 7) is 0. The first-order valence-corrected chi connectivity index (χ1v) is 6.92. The van der Waals surface area contributed by atoms with Crippen molar-refractivity contribution in [1.82, 2.24) is 10.3 Å². The molecular weight excluding hydrogens is 355 g/mol. The van der Waals surface area contributed by atoms with E-state index in [9.17, 15) is 10.1 Å². The van der Waals surface area contributed by atoms with Crippen LogP contribution in [0.15, 0.2) is 28.9 Å². The number of nitro groups is 1. The van der Waals surface area contributed by atoms with Gasteiger partial charge in [0.2, 0.25) is 5.52 Å². The number of rotatable bonds is 3. The highest BCUT2D eigenvalue weighted by atomic mass is 35.5. The Morgan fingerprint density at radius 2 is 1.82 bits per heavy atom. The molecule has 0 unspecified atom stereocenters. The summed E-state index contributed by atoms with van der Waals surface area (Å²) >= 11 is 18.0. The van der Waals surface area contributed by atoms with Crippen LogP contribution in [0, 0.1) is 10.1 Å². The molecule has 0 atom stereocenters. The lowest BCUT2D eigenvalue weighted by molar-refractivity contribution is -0.382. The van der Waals surface area contributed by atoms with Crippen LogP contribution in [-0.4, -0.2) is 15.2 Å². The molecule has 0 bridgehead atoms. The van der Waals surface area contributed by atoms with E-state index in [1.165, 1.54) is 6.07 Å². The SMILES string of the molecule is O=[N+]([O-])c1c(Nc2cccc(Cl)c2Cl)cc(Cl)c2nonc12. The summed E-state index contributed by atoms with van der Waals surface area (Å²) in [5.41, 5.74) is 0.220. The Morgan fingerprint density at radius 3 is 2.55 bits per heavy atom. The third kappa shape index (κ3) is 2.43. The number of hydrogen-bond acceptors (Lipinski definition) is 6. The lowest BCUT2D eigenvalue weighted by Gasteiger charge is -2.10. The molecule has 0 radical (unpaired) electrons. The monoisotopic (exact) mass is 358 g/mol. The molecule has 0 fully saturated rings. The van der Waals surface area contributed by atoms with Gasteiger partial charge in [0.25, 0.3) is 0 Å². The van der Waals surface area contributed by atoms with Gasteiger partial charge in [0.05, 0.1) is 25.7 Å². The Hall–Kier alpha value is -2.09. The van der Waals surface area contributed by atoms with Gasteiger partial charge in [-0.15, -0.1) is 0 Å². The molecular formula is C12H5Cl3N4O3. The standard InChI is InChI=1S/C12H5Cl3N4O3/c13-5-2-1-3-7(9(5)15)16-8-4-6(14)10-11(18-22-17-10)12(8)19(20)21/h1-4,16H. The average Bonchev–Trinajstić information content (AvgIpc) is 2.93. The Morgan fingerprint density at radius 1 is 1.09 bits per heavy atom. The second-order valence-corrected chi connectivity index (χ2v) is 5.39. The quantitative estimate of drug-likeness (QED) is 0.531. The highest BCUT2D eigenvalue weighted by Gasteiger charge is 2.25. The highest BCUT2D eigenvalue weighted by Crippen LogP contribution is 2.40. The molecule has 10 heteroatoms. The van der Waals surface area contributed by atoms with E-state index in [2.05, 4.69) is 20.3 Å². The molecule has 0 spiro atoms. The molecule has 1 aromatic heterocycles. The van der Waals surface area contributed by atoms with Crippen molar-refractivity contribution in [2.75, 3.05) is 5.32 Å². The first-order valence-electron chi connectivity index (χ1n) is 5.79. The van der Waals surface area contributed by atoms with E-state index in [0.29, 0.717) is 10.7 Å². The van der Waals surface area contributed by atoms with Gasteiger partial charge in [-0.2, -0.15) is 0 Å². The predicted molar refractivity (Wildman–Crippen MR) is 83.2 cm³/mol. The number of hydrogen-bond donors (Lipinski definition) is 1. The summed E-state index contributed by atoms with van der Waals surface area (Å²) in [6.07, 6.45) is 0. The van der Waals surface area contributed by atoms with E-state index < -0.39 is 4.92 Å². The fraction of sp³-hybridized carbons (Fsp3) is 0. The van der Waals surface area contributed by atoms with Crippen molar-refractivity contribution in [3.8, 4) is 0 Å². The maximum absolute atomic E-state index is 11.3. The number of halogens is 3. The summed E-state index contributed by atoms with van der Waals surface area (Å²) in [7, 11) is 0. The molecule has 7 nitrogen and oxygen atoms in total. The number of nitrogens with one attached hydrogen (secondary N) is 1. The summed E-state index contributed by atoms with van der Waals surface area (Å²) in [5.74, 6) is 0. The fourth-order valence-electron chi connectivity index (χ4n) is 1.92. The average molecular weight is 360 g/mol. The van der Waals surface area contributed by atoms with Gasteiger partial charge in [-0.25, -0.2) is 4.63 Å².